The van der Waals surface area contributed by atoms with Gasteiger partial charge in [-0.3, -0.25) is 0 Å². The Morgan fingerprint density at radius 1 is 1.26 bits per heavy atom. The van der Waals surface area contributed by atoms with Crippen molar-refractivity contribution in [1.29, 1.82) is 5.26 Å². The molecule has 19 heavy (non-hydrogen) atoms. The number of aromatic nitrogens is 1. The molecule has 0 aliphatic heterocycles. The molecule has 2 aromatic rings. The van der Waals surface area contributed by atoms with Crippen molar-refractivity contribution in [2.45, 2.75) is 6.61 Å². The standard InChI is InChI=1S/C13H7Cl2FN2O/c14-10-3-4-13(15)18-12(10)7-19-9-2-1-8(6-17)11(16)5-9/h1-5H,7H2. The lowest BCUT2D eigenvalue weighted by molar-refractivity contribution is 0.300. The minimum Gasteiger partial charge on any atom is -0.487 e. The third-order valence-electron chi connectivity index (χ3n) is 2.32. The van der Waals surface area contributed by atoms with Crippen LogP contribution in [0.4, 0.5) is 4.39 Å². The molecule has 0 saturated carbocycles. The minimum absolute atomic E-state index is 0.0359. The van der Waals surface area contributed by atoms with E-state index in [1.54, 1.807) is 18.2 Å². The first kappa shape index (κ1) is 13.6. The summed E-state index contributed by atoms with van der Waals surface area (Å²) in [5.74, 6) is -0.348. The molecule has 1 aromatic heterocycles. The zero-order chi connectivity index (χ0) is 13.8. The summed E-state index contributed by atoms with van der Waals surface area (Å²) in [5.41, 5.74) is 0.421. The number of hydrogen-bond donors (Lipinski definition) is 0. The summed E-state index contributed by atoms with van der Waals surface area (Å²) in [6.45, 7) is 0.0603. The van der Waals surface area contributed by atoms with Crippen LogP contribution in [0.15, 0.2) is 30.3 Å². The Balaban J connectivity index is 2.13. The number of benzene rings is 1. The second-order valence-corrected chi connectivity index (χ2v) is 4.40. The van der Waals surface area contributed by atoms with Crippen molar-refractivity contribution in [1.82, 2.24) is 4.98 Å². The molecule has 6 heteroatoms. The van der Waals surface area contributed by atoms with E-state index >= 15 is 0 Å². The van der Waals surface area contributed by atoms with Crippen LogP contribution in [0.25, 0.3) is 0 Å². The molecule has 96 valence electrons. The van der Waals surface area contributed by atoms with Crippen LogP contribution >= 0.6 is 23.2 Å². The molecule has 3 nitrogen and oxygen atoms in total. The third-order valence-corrected chi connectivity index (χ3v) is 2.88. The van der Waals surface area contributed by atoms with E-state index in [1.165, 1.54) is 12.1 Å². The lowest BCUT2D eigenvalue weighted by atomic mass is 10.2. The monoisotopic (exact) mass is 296 g/mol. The van der Waals surface area contributed by atoms with E-state index in [-0.39, 0.29) is 17.9 Å². The Labute approximate surface area is 119 Å². The molecule has 0 saturated heterocycles. The third kappa shape index (κ3) is 3.34. The molecule has 0 aliphatic carbocycles. The fraction of sp³-hybridized carbons (Fsp3) is 0.0769. The van der Waals surface area contributed by atoms with Gasteiger partial charge < -0.3 is 4.74 Å². The second-order valence-electron chi connectivity index (χ2n) is 3.60. The SMILES string of the molecule is N#Cc1ccc(OCc2nc(Cl)ccc2Cl)cc1F. The van der Waals surface area contributed by atoms with Gasteiger partial charge in [-0.1, -0.05) is 23.2 Å². The summed E-state index contributed by atoms with van der Waals surface area (Å²) >= 11 is 11.7. The summed E-state index contributed by atoms with van der Waals surface area (Å²) in [6, 6.07) is 8.88. The molecular formula is C13H7Cl2FN2O. The summed E-state index contributed by atoms with van der Waals surface area (Å²) in [5, 5.41) is 9.33. The van der Waals surface area contributed by atoms with Gasteiger partial charge in [0.1, 0.15) is 29.4 Å². The van der Waals surface area contributed by atoms with Crippen molar-refractivity contribution in [3.63, 3.8) is 0 Å². The molecule has 0 atom stereocenters. The van der Waals surface area contributed by atoms with Crippen molar-refractivity contribution >= 4 is 23.2 Å². The van der Waals surface area contributed by atoms with Crippen LogP contribution in [-0.4, -0.2) is 4.98 Å². The minimum atomic E-state index is -0.634. The molecule has 0 amide bonds. The summed E-state index contributed by atoms with van der Waals surface area (Å²) in [7, 11) is 0. The van der Waals surface area contributed by atoms with Gasteiger partial charge in [0, 0.05) is 6.07 Å². The number of rotatable bonds is 3. The maximum Gasteiger partial charge on any atom is 0.144 e. The first-order chi connectivity index (χ1) is 9.10. The maximum absolute atomic E-state index is 13.4. The van der Waals surface area contributed by atoms with E-state index in [0.717, 1.165) is 6.07 Å². The Morgan fingerprint density at radius 3 is 2.74 bits per heavy atom. The predicted molar refractivity (Wildman–Crippen MR) is 69.7 cm³/mol. The van der Waals surface area contributed by atoms with Crippen LogP contribution in [-0.2, 0) is 6.61 Å². The van der Waals surface area contributed by atoms with Gasteiger partial charge in [-0.05, 0) is 24.3 Å². The Morgan fingerprint density at radius 2 is 2.05 bits per heavy atom. The Hall–Kier alpha value is -1.83. The highest BCUT2D eigenvalue weighted by Crippen LogP contribution is 2.21. The fourth-order valence-electron chi connectivity index (χ4n) is 1.39. The van der Waals surface area contributed by atoms with Crippen LogP contribution < -0.4 is 4.74 Å². The Bertz CT molecular complexity index is 656. The van der Waals surface area contributed by atoms with Crippen LogP contribution in [0.3, 0.4) is 0 Å². The van der Waals surface area contributed by atoms with Gasteiger partial charge in [-0.2, -0.15) is 5.26 Å². The molecule has 0 aliphatic rings. The lowest BCUT2D eigenvalue weighted by Gasteiger charge is -2.07. The number of halogens is 3. The zero-order valence-electron chi connectivity index (χ0n) is 9.53. The predicted octanol–water partition coefficient (Wildman–Crippen LogP) is 3.98. The molecule has 0 radical (unpaired) electrons. The van der Waals surface area contributed by atoms with Crippen molar-refractivity contribution < 1.29 is 9.13 Å². The average Bonchev–Trinajstić information content (AvgIpc) is 2.40. The summed E-state index contributed by atoms with van der Waals surface area (Å²) in [4.78, 5) is 4.01. The van der Waals surface area contributed by atoms with E-state index in [1.807, 2.05) is 0 Å². The van der Waals surface area contributed by atoms with Gasteiger partial charge in [0.15, 0.2) is 0 Å². The van der Waals surface area contributed by atoms with Crippen LogP contribution in [0.2, 0.25) is 10.2 Å². The molecular weight excluding hydrogens is 290 g/mol. The van der Waals surface area contributed by atoms with E-state index in [0.29, 0.717) is 15.9 Å². The van der Waals surface area contributed by atoms with Crippen molar-refractivity contribution in [2.24, 2.45) is 0 Å². The van der Waals surface area contributed by atoms with Gasteiger partial charge in [-0.15, -0.1) is 0 Å². The summed E-state index contributed by atoms with van der Waals surface area (Å²) in [6.07, 6.45) is 0. The quantitative estimate of drug-likeness (QED) is 0.805. The molecule has 0 unspecified atom stereocenters. The first-order valence-corrected chi connectivity index (χ1v) is 5.99. The van der Waals surface area contributed by atoms with E-state index in [2.05, 4.69) is 4.98 Å². The van der Waals surface area contributed by atoms with Gasteiger partial charge in [-0.25, -0.2) is 9.37 Å². The van der Waals surface area contributed by atoms with Gasteiger partial charge >= 0.3 is 0 Å². The van der Waals surface area contributed by atoms with Gasteiger partial charge in [0.25, 0.3) is 0 Å². The van der Waals surface area contributed by atoms with Crippen LogP contribution in [0, 0.1) is 17.1 Å². The summed E-state index contributed by atoms with van der Waals surface area (Å²) < 4.78 is 18.7. The molecule has 1 aromatic carbocycles. The van der Waals surface area contributed by atoms with Crippen LogP contribution in [0.5, 0.6) is 5.75 Å². The van der Waals surface area contributed by atoms with E-state index in [4.69, 9.17) is 33.2 Å². The first-order valence-electron chi connectivity index (χ1n) is 5.23. The normalized spacial score (nSPS) is 10.0. The Kier molecular flexibility index (Phi) is 4.20. The zero-order valence-corrected chi connectivity index (χ0v) is 11.0. The number of hydrogen-bond acceptors (Lipinski definition) is 3. The molecule has 0 N–H and O–H groups in total. The highest BCUT2D eigenvalue weighted by Gasteiger charge is 2.07. The molecule has 0 bridgehead atoms. The van der Waals surface area contributed by atoms with Gasteiger partial charge in [0.05, 0.1) is 16.3 Å². The van der Waals surface area contributed by atoms with E-state index < -0.39 is 5.82 Å². The maximum atomic E-state index is 13.4. The van der Waals surface area contributed by atoms with Crippen LogP contribution in [0.1, 0.15) is 11.3 Å². The molecule has 0 spiro atoms. The smallest absolute Gasteiger partial charge is 0.144 e. The van der Waals surface area contributed by atoms with Crippen molar-refractivity contribution in [3.8, 4) is 11.8 Å². The lowest BCUT2D eigenvalue weighted by Crippen LogP contribution is -2.00. The highest BCUT2D eigenvalue weighted by atomic mass is 35.5. The molecule has 1 heterocycles. The number of nitriles is 1. The van der Waals surface area contributed by atoms with E-state index in [9.17, 15) is 4.39 Å². The highest BCUT2D eigenvalue weighted by molar-refractivity contribution is 6.32. The fourth-order valence-corrected chi connectivity index (χ4v) is 1.71. The van der Waals surface area contributed by atoms with Crippen molar-refractivity contribution in [3.05, 3.63) is 57.6 Å². The van der Waals surface area contributed by atoms with Crippen molar-refractivity contribution in [2.75, 3.05) is 0 Å². The second kappa shape index (κ2) is 5.87. The molecule has 0 fully saturated rings. The number of nitrogens with zero attached hydrogens (tertiary/aromatic N) is 2. The topological polar surface area (TPSA) is 45.9 Å². The number of ether oxygens (including phenoxy) is 1. The van der Waals surface area contributed by atoms with Gasteiger partial charge in [0.2, 0.25) is 0 Å². The average molecular weight is 297 g/mol. The largest absolute Gasteiger partial charge is 0.487 e. The number of pyridine rings is 1. The molecule has 2 rings (SSSR count).